The molecular formula is C108H72F12N16O6S2. The molecule has 0 fully saturated rings. The van der Waals surface area contributed by atoms with Crippen molar-refractivity contribution in [1.29, 1.82) is 0 Å². The zero-order valence-electron chi connectivity index (χ0n) is 74.5. The molecule has 22 nitrogen and oxygen atoms in total. The van der Waals surface area contributed by atoms with Crippen LogP contribution in [0.25, 0.3) is 109 Å². The Morgan fingerprint density at radius 2 is 0.639 bits per heavy atom. The number of H-pyrrole nitrogens is 4. The van der Waals surface area contributed by atoms with Crippen molar-refractivity contribution in [3.05, 3.63) is 430 Å². The van der Waals surface area contributed by atoms with Crippen LogP contribution in [-0.4, -0.2) is 83.4 Å². The summed E-state index contributed by atoms with van der Waals surface area (Å²) in [6.07, 6.45) is -7.72. The number of carbonyl (C=O) groups excluding carboxylic acids is 4. The molecule has 10 aromatic carbocycles. The van der Waals surface area contributed by atoms with E-state index >= 15 is 0 Å². The Morgan fingerprint density at radius 1 is 0.299 bits per heavy atom. The number of amides is 4. The summed E-state index contributed by atoms with van der Waals surface area (Å²) in [4.78, 5) is 103. The van der Waals surface area contributed by atoms with Crippen molar-refractivity contribution in [2.24, 2.45) is 0 Å². The minimum absolute atomic E-state index is 0.0675. The number of thiophene rings is 2. The number of hydrogen-bond donors (Lipinski definition) is 8. The summed E-state index contributed by atoms with van der Waals surface area (Å²) in [7, 11) is 0. The highest BCUT2D eigenvalue weighted by Crippen LogP contribution is 2.41. The molecule has 12 aromatic heterocycles. The molecule has 4 amide bonds. The van der Waals surface area contributed by atoms with Crippen molar-refractivity contribution in [1.82, 2.24) is 59.8 Å². The standard InChI is InChI=1S/C29H19F3N4O2.C29H19F3N4OS.C25H17F3N4O2.C25H17F3N4OS/c2*30-29(31,32)20-8-4-7-19(15-20)28(37)34-21-9-3-5-17(13-21)14-25-35-22-11-12-33-26(22)27(36-25)24-16-18-6-1-2-10-23(18)38-24;2*26-25(27,28)17-6-2-5-16(14-17)24(33)30-18-7-1-4-15(12-18)13-21-31-19-9-10-29-22(19)23(32-21)20-8-3-11-34-20/h2*1-13,15-16,33H,14H2,(H,34,37);2*1-12,14,29H,13H2,(H,30,33). The monoisotopic (exact) mass is 1980 g/mol. The van der Waals surface area contributed by atoms with Crippen molar-refractivity contribution < 1.29 is 80.7 Å². The molecule has 0 aliphatic carbocycles. The van der Waals surface area contributed by atoms with Gasteiger partial charge in [-0.25, -0.2) is 39.9 Å². The maximum absolute atomic E-state index is 13.0. The maximum atomic E-state index is 13.0. The zero-order valence-corrected chi connectivity index (χ0v) is 76.2. The second kappa shape index (κ2) is 40.6. The van der Waals surface area contributed by atoms with E-state index in [9.17, 15) is 71.9 Å². The number of fused-ring (bicyclic) bond motifs is 6. The number of alkyl halides is 12. The lowest BCUT2D eigenvalue weighted by Gasteiger charge is -2.10. The molecule has 22 rings (SSSR count). The van der Waals surface area contributed by atoms with Crippen molar-refractivity contribution in [2.45, 2.75) is 50.4 Å². The molecular weight excluding hydrogens is 1910 g/mol. The van der Waals surface area contributed by atoms with Crippen LogP contribution in [0.15, 0.2) is 349 Å². The second-order valence-electron chi connectivity index (χ2n) is 32.8. The van der Waals surface area contributed by atoms with E-state index in [0.29, 0.717) is 94.6 Å². The van der Waals surface area contributed by atoms with Gasteiger partial charge in [0.05, 0.1) is 82.4 Å². The number of aromatic nitrogens is 12. The molecule has 0 atom stereocenters. The number of hydrogen-bond acceptors (Lipinski definition) is 16. The molecule has 0 saturated carbocycles. The Labute approximate surface area is 815 Å². The van der Waals surface area contributed by atoms with Crippen LogP contribution < -0.4 is 21.3 Å². The van der Waals surface area contributed by atoms with Crippen LogP contribution in [0, 0.1) is 0 Å². The first-order valence-corrected chi connectivity index (χ1v) is 45.8. The number of aromatic amines is 4. The molecule has 0 bridgehead atoms. The fraction of sp³-hybridized carbons (Fsp3) is 0.0741. The van der Waals surface area contributed by atoms with Crippen LogP contribution in [0.4, 0.5) is 75.4 Å². The summed E-state index contributed by atoms with van der Waals surface area (Å²) in [5.41, 5.74) is 11.4. The summed E-state index contributed by atoms with van der Waals surface area (Å²) in [5.74, 6) is 1.07. The van der Waals surface area contributed by atoms with Gasteiger partial charge in [-0.3, -0.25) is 19.2 Å². The van der Waals surface area contributed by atoms with Crippen LogP contribution in [-0.2, 0) is 50.4 Å². The Hall–Kier alpha value is -17.8. The Balaban J connectivity index is 0.000000122. The van der Waals surface area contributed by atoms with Crippen LogP contribution in [0.1, 0.15) is 109 Å². The van der Waals surface area contributed by atoms with Crippen LogP contribution in [0.2, 0.25) is 0 Å². The molecule has 144 heavy (non-hydrogen) atoms. The van der Waals surface area contributed by atoms with E-state index in [4.69, 9.17) is 28.8 Å². The number of furan rings is 2. The van der Waals surface area contributed by atoms with Gasteiger partial charge in [0.15, 0.2) is 11.5 Å². The van der Waals surface area contributed by atoms with Gasteiger partial charge < -0.3 is 50.0 Å². The number of rotatable bonds is 20. The molecule has 0 saturated heterocycles. The van der Waals surface area contributed by atoms with E-state index < -0.39 is 70.6 Å². The molecule has 36 heteroatoms. The smallest absolute Gasteiger partial charge is 0.416 e. The highest BCUT2D eigenvalue weighted by atomic mass is 32.1. The Kier molecular flexibility index (Phi) is 26.8. The average Bonchev–Trinajstić information content (AvgIpc) is 1.63. The van der Waals surface area contributed by atoms with Gasteiger partial charge in [-0.15, -0.1) is 22.7 Å². The summed E-state index contributed by atoms with van der Waals surface area (Å²) >= 11 is 3.26. The predicted octanol–water partition coefficient (Wildman–Crippen LogP) is 27.6. The zero-order chi connectivity index (χ0) is 100.0. The largest absolute Gasteiger partial charge is 0.463 e. The van der Waals surface area contributed by atoms with E-state index in [-0.39, 0.29) is 22.3 Å². The van der Waals surface area contributed by atoms with Crippen LogP contribution in [0.3, 0.4) is 0 Å². The van der Waals surface area contributed by atoms with Crippen molar-refractivity contribution in [2.75, 3.05) is 21.3 Å². The van der Waals surface area contributed by atoms with Gasteiger partial charge in [-0.1, -0.05) is 115 Å². The molecule has 0 unspecified atom stereocenters. The van der Waals surface area contributed by atoms with E-state index in [1.165, 1.54) is 53.2 Å². The molecule has 12 heterocycles. The van der Waals surface area contributed by atoms with Crippen molar-refractivity contribution in [3.8, 4) is 44.1 Å². The second-order valence-corrected chi connectivity index (χ2v) is 34.8. The number of nitrogens with one attached hydrogen (secondary N) is 8. The Bertz CT molecular complexity index is 7960. The maximum Gasteiger partial charge on any atom is 0.416 e. The third-order valence-corrected chi connectivity index (χ3v) is 24.6. The van der Waals surface area contributed by atoms with E-state index in [0.717, 1.165) is 152 Å². The third-order valence-electron chi connectivity index (χ3n) is 22.6. The van der Waals surface area contributed by atoms with E-state index in [2.05, 4.69) is 79.3 Å². The summed E-state index contributed by atoms with van der Waals surface area (Å²) in [5, 5.41) is 14.8. The molecule has 8 N–H and O–H groups in total. The third kappa shape index (κ3) is 22.4. The fourth-order valence-electron chi connectivity index (χ4n) is 16.0. The van der Waals surface area contributed by atoms with Gasteiger partial charge in [0.25, 0.3) is 23.6 Å². The minimum atomic E-state index is -4.53. The quantitative estimate of drug-likeness (QED) is 0.0329. The van der Waals surface area contributed by atoms with Gasteiger partial charge in [-0.2, -0.15) is 52.7 Å². The number of halogens is 12. The topological polar surface area (TPSA) is 309 Å². The summed E-state index contributed by atoms with van der Waals surface area (Å²) in [6.45, 7) is 0. The summed E-state index contributed by atoms with van der Waals surface area (Å²) < 4.78 is 169. The molecule has 0 spiro atoms. The van der Waals surface area contributed by atoms with Crippen LogP contribution in [0.5, 0.6) is 0 Å². The van der Waals surface area contributed by atoms with Crippen LogP contribution >= 0.6 is 22.7 Å². The van der Waals surface area contributed by atoms with E-state index in [1.54, 1.807) is 120 Å². The van der Waals surface area contributed by atoms with Crippen molar-refractivity contribution in [3.63, 3.8) is 0 Å². The SMILES string of the molecule is O=C(Nc1cccc(Cc2nc(-c3cc4ccccc4o3)c3[nH]ccc3n2)c1)c1cccc(C(F)(F)F)c1.O=C(Nc1cccc(Cc2nc(-c3cc4ccccc4s3)c3[nH]ccc3n2)c1)c1cccc(C(F)(F)F)c1.O=C(Nc1cccc(Cc2nc(-c3ccco3)c3[nH]ccc3n2)c1)c1cccc(C(F)(F)F)c1.O=C(Nc1cccc(Cc2nc(-c3cccs3)c3[nH]ccc3n2)c1)c1cccc(C(F)(F)F)c1. The molecule has 0 aliphatic rings. The minimum Gasteiger partial charge on any atom is -0.463 e. The molecule has 0 radical (unpaired) electrons. The number of anilines is 4. The molecule has 716 valence electrons. The first kappa shape index (κ1) is 95.1. The first-order chi connectivity index (χ1) is 69.4. The summed E-state index contributed by atoms with van der Waals surface area (Å²) in [6, 6.07) is 80.6. The number of carbonyl (C=O) groups is 4. The van der Waals surface area contributed by atoms with Gasteiger partial charge in [0.2, 0.25) is 0 Å². The normalized spacial score (nSPS) is 11.7. The lowest BCUT2D eigenvalue weighted by atomic mass is 10.1. The Morgan fingerprint density at radius 3 is 0.986 bits per heavy atom. The average molecular weight is 1980 g/mol. The van der Waals surface area contributed by atoms with Gasteiger partial charge in [0.1, 0.15) is 51.7 Å². The number of nitrogens with zero attached hydrogens (tertiary/aromatic N) is 8. The fourth-order valence-corrected chi connectivity index (χ4v) is 17.7. The molecule has 22 aromatic rings. The number of benzene rings is 10. The number of para-hydroxylation sites is 1. The van der Waals surface area contributed by atoms with Gasteiger partial charge in [0, 0.05) is 106 Å². The van der Waals surface area contributed by atoms with E-state index in [1.807, 2.05) is 127 Å². The molecule has 0 aliphatic heterocycles. The predicted molar refractivity (Wildman–Crippen MR) is 527 cm³/mol. The van der Waals surface area contributed by atoms with Gasteiger partial charge in [-0.05, 0) is 221 Å². The highest BCUT2D eigenvalue weighted by molar-refractivity contribution is 7.22. The van der Waals surface area contributed by atoms with Crippen molar-refractivity contribution >= 4 is 134 Å². The first-order valence-electron chi connectivity index (χ1n) is 44.1. The van der Waals surface area contributed by atoms with Gasteiger partial charge >= 0.3 is 24.7 Å². The lowest BCUT2D eigenvalue weighted by molar-refractivity contribution is -0.138. The lowest BCUT2D eigenvalue weighted by Crippen LogP contribution is -2.14. The highest BCUT2D eigenvalue weighted by Gasteiger charge is 2.35.